The number of aryl methyl sites for hydroxylation is 3. The van der Waals surface area contributed by atoms with Gasteiger partial charge in [0, 0.05) is 10.9 Å². The smallest absolute Gasteiger partial charge is 0.310 e. The Labute approximate surface area is 163 Å². The van der Waals surface area contributed by atoms with E-state index < -0.39 is 11.9 Å². The van der Waals surface area contributed by atoms with Crippen molar-refractivity contribution in [2.75, 3.05) is 19.0 Å². The molecule has 1 heterocycles. The van der Waals surface area contributed by atoms with E-state index in [0.29, 0.717) is 11.4 Å². The quantitative estimate of drug-likeness (QED) is 0.651. The second kappa shape index (κ2) is 8.17. The fourth-order valence-electron chi connectivity index (χ4n) is 2.98. The summed E-state index contributed by atoms with van der Waals surface area (Å²) >= 11 is 0. The van der Waals surface area contributed by atoms with Crippen molar-refractivity contribution in [2.24, 2.45) is 0 Å². The molecular formula is C22H23NO5. The highest BCUT2D eigenvalue weighted by Gasteiger charge is 2.15. The number of ether oxygens (including phenoxy) is 2. The number of furan rings is 1. The van der Waals surface area contributed by atoms with Gasteiger partial charge >= 0.3 is 5.97 Å². The number of esters is 1. The number of nitrogens with one attached hydrogen (secondary N) is 1. The van der Waals surface area contributed by atoms with Gasteiger partial charge in [0.2, 0.25) is 0 Å². The van der Waals surface area contributed by atoms with Crippen LogP contribution in [0.5, 0.6) is 5.75 Å². The molecule has 6 nitrogen and oxygen atoms in total. The fourth-order valence-corrected chi connectivity index (χ4v) is 2.98. The van der Waals surface area contributed by atoms with Crippen molar-refractivity contribution in [1.82, 2.24) is 0 Å². The minimum absolute atomic E-state index is 0.0382. The molecule has 0 atom stereocenters. The van der Waals surface area contributed by atoms with Gasteiger partial charge in [-0.25, -0.2) is 0 Å². The summed E-state index contributed by atoms with van der Waals surface area (Å²) in [6, 6.07) is 9.36. The molecule has 1 aromatic heterocycles. The van der Waals surface area contributed by atoms with E-state index in [9.17, 15) is 9.59 Å². The van der Waals surface area contributed by atoms with Gasteiger partial charge < -0.3 is 19.2 Å². The zero-order valence-corrected chi connectivity index (χ0v) is 16.4. The summed E-state index contributed by atoms with van der Waals surface area (Å²) in [5.74, 6) is -0.381. The monoisotopic (exact) mass is 381 g/mol. The third-order valence-electron chi connectivity index (χ3n) is 4.67. The highest BCUT2D eigenvalue weighted by Crippen LogP contribution is 2.27. The Morgan fingerprint density at radius 2 is 1.89 bits per heavy atom. The molecule has 0 aliphatic heterocycles. The van der Waals surface area contributed by atoms with E-state index in [1.807, 2.05) is 39.0 Å². The van der Waals surface area contributed by atoms with Gasteiger partial charge in [-0.15, -0.1) is 0 Å². The van der Waals surface area contributed by atoms with Gasteiger partial charge in [-0.1, -0.05) is 18.2 Å². The number of rotatable bonds is 6. The van der Waals surface area contributed by atoms with Crippen molar-refractivity contribution in [3.05, 3.63) is 58.8 Å². The molecule has 1 amide bonds. The largest absolute Gasteiger partial charge is 0.495 e. The van der Waals surface area contributed by atoms with E-state index in [2.05, 4.69) is 5.32 Å². The predicted octanol–water partition coefficient (Wildman–Crippen LogP) is 4.09. The van der Waals surface area contributed by atoms with Crippen LogP contribution >= 0.6 is 0 Å². The van der Waals surface area contributed by atoms with E-state index in [1.54, 1.807) is 18.4 Å². The van der Waals surface area contributed by atoms with Crippen LogP contribution in [0, 0.1) is 20.8 Å². The molecule has 6 heteroatoms. The highest BCUT2D eigenvalue weighted by atomic mass is 16.5. The summed E-state index contributed by atoms with van der Waals surface area (Å²) in [6.45, 7) is 5.53. The molecule has 0 radical (unpaired) electrons. The lowest BCUT2D eigenvalue weighted by molar-refractivity contribution is -0.146. The number of hydrogen-bond acceptors (Lipinski definition) is 5. The molecule has 0 unspecified atom stereocenters. The van der Waals surface area contributed by atoms with Crippen LogP contribution in [0.3, 0.4) is 0 Å². The third-order valence-corrected chi connectivity index (χ3v) is 4.67. The van der Waals surface area contributed by atoms with Crippen molar-refractivity contribution < 1.29 is 23.5 Å². The molecule has 0 saturated heterocycles. The molecule has 3 aromatic rings. The number of anilines is 1. The number of carbonyl (C=O) groups is 2. The number of benzene rings is 2. The van der Waals surface area contributed by atoms with Crippen LogP contribution in [0.25, 0.3) is 11.0 Å². The summed E-state index contributed by atoms with van der Waals surface area (Å²) in [5, 5.41) is 3.58. The Hall–Kier alpha value is -3.28. The molecule has 0 aliphatic rings. The normalized spacial score (nSPS) is 10.7. The second-order valence-corrected chi connectivity index (χ2v) is 6.73. The minimum atomic E-state index is -0.493. The predicted molar refractivity (Wildman–Crippen MR) is 107 cm³/mol. The first-order chi connectivity index (χ1) is 13.4. The lowest BCUT2D eigenvalue weighted by Crippen LogP contribution is -2.22. The van der Waals surface area contributed by atoms with Crippen LogP contribution < -0.4 is 10.1 Å². The SMILES string of the molecule is COc1ccc(C)cc1NC(=O)COC(=O)Cc1coc2c(C)c(C)ccc12. The Morgan fingerprint density at radius 3 is 2.64 bits per heavy atom. The number of hydrogen-bond donors (Lipinski definition) is 1. The fraction of sp³-hybridized carbons (Fsp3) is 0.273. The van der Waals surface area contributed by atoms with Crippen molar-refractivity contribution in [1.29, 1.82) is 0 Å². The Balaban J connectivity index is 1.60. The Kier molecular flexibility index (Phi) is 5.68. The van der Waals surface area contributed by atoms with E-state index in [4.69, 9.17) is 13.9 Å². The van der Waals surface area contributed by atoms with Crippen LogP contribution in [0.4, 0.5) is 5.69 Å². The molecule has 0 bridgehead atoms. The van der Waals surface area contributed by atoms with Crippen LogP contribution in [-0.4, -0.2) is 25.6 Å². The standard InChI is InChI=1S/C22H23NO5/c1-13-5-8-19(26-4)18(9-13)23-20(24)12-27-21(25)10-16-11-28-22-15(3)14(2)6-7-17(16)22/h5-9,11H,10,12H2,1-4H3,(H,23,24). The number of amides is 1. The molecule has 0 spiro atoms. The van der Waals surface area contributed by atoms with E-state index in [0.717, 1.165) is 33.2 Å². The molecule has 2 aromatic carbocycles. The number of methoxy groups -OCH3 is 1. The Morgan fingerprint density at radius 1 is 1.11 bits per heavy atom. The summed E-state index contributed by atoms with van der Waals surface area (Å²) in [5.41, 5.74) is 5.19. The molecule has 146 valence electrons. The molecule has 1 N–H and O–H groups in total. The van der Waals surface area contributed by atoms with Crippen LogP contribution in [0.2, 0.25) is 0 Å². The maximum atomic E-state index is 12.2. The van der Waals surface area contributed by atoms with Gasteiger partial charge in [0.05, 0.1) is 25.5 Å². The van der Waals surface area contributed by atoms with Crippen molar-refractivity contribution in [3.8, 4) is 5.75 Å². The van der Waals surface area contributed by atoms with Gasteiger partial charge in [-0.3, -0.25) is 9.59 Å². The first kappa shape index (κ1) is 19.5. The van der Waals surface area contributed by atoms with E-state index >= 15 is 0 Å². The van der Waals surface area contributed by atoms with Crippen molar-refractivity contribution in [2.45, 2.75) is 27.2 Å². The lowest BCUT2D eigenvalue weighted by atomic mass is 10.0. The summed E-state index contributed by atoms with van der Waals surface area (Å²) in [7, 11) is 1.53. The van der Waals surface area contributed by atoms with Gasteiger partial charge in [-0.2, -0.15) is 0 Å². The van der Waals surface area contributed by atoms with Gasteiger partial charge in [0.25, 0.3) is 5.91 Å². The van der Waals surface area contributed by atoms with Crippen molar-refractivity contribution >= 4 is 28.5 Å². The first-order valence-electron chi connectivity index (χ1n) is 8.95. The van der Waals surface area contributed by atoms with Crippen LogP contribution in [-0.2, 0) is 20.7 Å². The number of carbonyl (C=O) groups excluding carboxylic acids is 2. The number of fused-ring (bicyclic) bond motifs is 1. The average Bonchev–Trinajstić information content (AvgIpc) is 3.06. The maximum absolute atomic E-state index is 12.2. The molecule has 0 saturated carbocycles. The second-order valence-electron chi connectivity index (χ2n) is 6.73. The molecule has 28 heavy (non-hydrogen) atoms. The first-order valence-corrected chi connectivity index (χ1v) is 8.95. The minimum Gasteiger partial charge on any atom is -0.495 e. The summed E-state index contributed by atoms with van der Waals surface area (Å²) < 4.78 is 15.9. The highest BCUT2D eigenvalue weighted by molar-refractivity contribution is 5.94. The summed E-state index contributed by atoms with van der Waals surface area (Å²) in [4.78, 5) is 24.3. The van der Waals surface area contributed by atoms with Gasteiger partial charge in [0.1, 0.15) is 11.3 Å². The maximum Gasteiger partial charge on any atom is 0.310 e. The lowest BCUT2D eigenvalue weighted by Gasteiger charge is -2.11. The topological polar surface area (TPSA) is 77.8 Å². The summed E-state index contributed by atoms with van der Waals surface area (Å²) in [6.07, 6.45) is 1.60. The average molecular weight is 381 g/mol. The van der Waals surface area contributed by atoms with E-state index in [-0.39, 0.29) is 13.0 Å². The van der Waals surface area contributed by atoms with Gasteiger partial charge in [-0.05, 0) is 49.6 Å². The van der Waals surface area contributed by atoms with E-state index in [1.165, 1.54) is 7.11 Å². The van der Waals surface area contributed by atoms with Gasteiger partial charge in [0.15, 0.2) is 6.61 Å². The Bertz CT molecular complexity index is 1030. The zero-order chi connectivity index (χ0) is 20.3. The zero-order valence-electron chi connectivity index (χ0n) is 16.4. The molecular weight excluding hydrogens is 358 g/mol. The van der Waals surface area contributed by atoms with Crippen molar-refractivity contribution in [3.63, 3.8) is 0 Å². The third kappa shape index (κ3) is 4.17. The molecule has 0 fully saturated rings. The van der Waals surface area contributed by atoms with Crippen LogP contribution in [0.1, 0.15) is 22.3 Å². The molecule has 0 aliphatic carbocycles. The molecule has 3 rings (SSSR count). The van der Waals surface area contributed by atoms with Crippen LogP contribution in [0.15, 0.2) is 41.0 Å².